The zero-order valence-corrected chi connectivity index (χ0v) is 19.5. The summed E-state index contributed by atoms with van der Waals surface area (Å²) < 4.78 is 33.7. The summed E-state index contributed by atoms with van der Waals surface area (Å²) in [6.07, 6.45) is 1.34. The number of hydrogen-bond acceptors (Lipinski definition) is 5. The molecule has 3 N–H and O–H groups in total. The third-order valence-electron chi connectivity index (χ3n) is 5.62. The standard InChI is InChI=1S/C24H21ClF2N4O5/c25-22-20(36-12-15-2-3-16(26)10-17(15)27)5-7-29(23(22)34)11-14-1-4-18-19(9-14)31(24(28)35)13-30(18)21(33)6-8-32/h1-5,7,9-10,32H,6,8,11-13H2,(H2,28,35). The van der Waals surface area contributed by atoms with Crippen LogP contribution >= 0.6 is 11.6 Å². The Hall–Kier alpha value is -3.96. The van der Waals surface area contributed by atoms with Crippen molar-refractivity contribution in [1.82, 2.24) is 4.57 Å². The summed E-state index contributed by atoms with van der Waals surface area (Å²) >= 11 is 6.19. The first-order chi connectivity index (χ1) is 17.2. The van der Waals surface area contributed by atoms with Gasteiger partial charge in [-0.15, -0.1) is 0 Å². The number of carbonyl (C=O) groups excluding carboxylic acids is 2. The van der Waals surface area contributed by atoms with Crippen molar-refractivity contribution in [3.8, 4) is 5.75 Å². The number of anilines is 2. The number of primary amides is 1. The lowest BCUT2D eigenvalue weighted by atomic mass is 10.1. The number of hydrogen-bond donors (Lipinski definition) is 2. The Bertz CT molecular complexity index is 1400. The van der Waals surface area contributed by atoms with E-state index < -0.39 is 23.2 Å². The van der Waals surface area contributed by atoms with E-state index in [-0.39, 0.29) is 55.1 Å². The van der Waals surface area contributed by atoms with E-state index in [1.165, 1.54) is 32.7 Å². The van der Waals surface area contributed by atoms with Crippen LogP contribution in [0, 0.1) is 11.6 Å². The fourth-order valence-electron chi connectivity index (χ4n) is 3.79. The normalized spacial score (nSPS) is 12.6. The van der Waals surface area contributed by atoms with Crippen LogP contribution in [-0.2, 0) is 17.9 Å². The van der Waals surface area contributed by atoms with E-state index in [9.17, 15) is 23.2 Å². The zero-order chi connectivity index (χ0) is 26.0. The summed E-state index contributed by atoms with van der Waals surface area (Å²) in [4.78, 5) is 39.6. The maximum absolute atomic E-state index is 13.8. The molecule has 4 rings (SSSR count). The van der Waals surface area contributed by atoms with Gasteiger partial charge in [-0.2, -0.15) is 0 Å². The van der Waals surface area contributed by atoms with Crippen LogP contribution < -0.4 is 25.8 Å². The van der Waals surface area contributed by atoms with Gasteiger partial charge in [0.15, 0.2) is 0 Å². The third kappa shape index (κ3) is 5.02. The number of urea groups is 1. The van der Waals surface area contributed by atoms with Gasteiger partial charge in [-0.3, -0.25) is 19.4 Å². The average molecular weight is 519 g/mol. The van der Waals surface area contributed by atoms with Gasteiger partial charge in [0.05, 0.1) is 30.9 Å². The Morgan fingerprint density at radius 2 is 1.86 bits per heavy atom. The summed E-state index contributed by atoms with van der Waals surface area (Å²) in [6.45, 7) is -0.592. The van der Waals surface area contributed by atoms with Gasteiger partial charge >= 0.3 is 6.03 Å². The number of fused-ring (bicyclic) bond motifs is 1. The van der Waals surface area contributed by atoms with E-state index in [1.54, 1.807) is 18.2 Å². The molecule has 0 saturated heterocycles. The van der Waals surface area contributed by atoms with Gasteiger partial charge in [-0.1, -0.05) is 17.7 Å². The van der Waals surface area contributed by atoms with Crippen molar-refractivity contribution in [2.24, 2.45) is 5.73 Å². The molecule has 0 atom stereocenters. The number of aromatic nitrogens is 1. The number of pyridine rings is 1. The molecule has 0 spiro atoms. The van der Waals surface area contributed by atoms with Crippen molar-refractivity contribution < 1.29 is 28.2 Å². The predicted octanol–water partition coefficient (Wildman–Crippen LogP) is 2.98. The van der Waals surface area contributed by atoms with Gasteiger partial charge in [-0.05, 0) is 35.9 Å². The summed E-state index contributed by atoms with van der Waals surface area (Å²) in [6, 6.07) is 8.70. The minimum Gasteiger partial charge on any atom is -0.487 e. The van der Waals surface area contributed by atoms with Gasteiger partial charge in [-0.25, -0.2) is 13.6 Å². The summed E-state index contributed by atoms with van der Waals surface area (Å²) in [7, 11) is 0. The Balaban J connectivity index is 1.55. The van der Waals surface area contributed by atoms with E-state index in [2.05, 4.69) is 0 Å². The molecule has 0 saturated carbocycles. The minimum atomic E-state index is -0.780. The number of amides is 3. The molecule has 188 valence electrons. The molecule has 1 aliphatic heterocycles. The van der Waals surface area contributed by atoms with Gasteiger partial charge < -0.3 is 20.1 Å². The van der Waals surface area contributed by atoms with Crippen molar-refractivity contribution in [1.29, 1.82) is 0 Å². The lowest BCUT2D eigenvalue weighted by Gasteiger charge is -2.17. The van der Waals surface area contributed by atoms with Crippen LogP contribution in [0.15, 0.2) is 53.5 Å². The molecule has 0 fully saturated rings. The van der Waals surface area contributed by atoms with Crippen molar-refractivity contribution >= 4 is 34.9 Å². The molecule has 0 radical (unpaired) electrons. The third-order valence-corrected chi connectivity index (χ3v) is 5.97. The van der Waals surface area contributed by atoms with Gasteiger partial charge in [0.25, 0.3) is 5.56 Å². The summed E-state index contributed by atoms with van der Waals surface area (Å²) in [5.41, 5.74) is 6.47. The minimum absolute atomic E-state index is 0.0357. The van der Waals surface area contributed by atoms with E-state index >= 15 is 0 Å². The maximum atomic E-state index is 13.8. The molecule has 2 aromatic carbocycles. The second kappa shape index (κ2) is 10.3. The largest absolute Gasteiger partial charge is 0.487 e. The Kier molecular flexibility index (Phi) is 7.22. The van der Waals surface area contributed by atoms with Crippen LogP contribution in [0.1, 0.15) is 17.5 Å². The zero-order valence-electron chi connectivity index (χ0n) is 18.8. The Morgan fingerprint density at radius 1 is 1.08 bits per heavy atom. The molecular weight excluding hydrogens is 498 g/mol. The summed E-state index contributed by atoms with van der Waals surface area (Å²) in [5.74, 6) is -1.83. The lowest BCUT2D eigenvalue weighted by molar-refractivity contribution is -0.119. The Labute approximate surface area is 208 Å². The van der Waals surface area contributed by atoms with Crippen molar-refractivity contribution in [2.75, 3.05) is 23.1 Å². The maximum Gasteiger partial charge on any atom is 0.320 e. The van der Waals surface area contributed by atoms with E-state index in [0.717, 1.165) is 12.1 Å². The van der Waals surface area contributed by atoms with E-state index in [1.807, 2.05) is 0 Å². The number of aliphatic hydroxyl groups is 1. The SMILES string of the molecule is NC(=O)N1CN(C(=O)CCO)c2ccc(Cn3ccc(OCc4ccc(F)cc4F)c(Cl)c3=O)cc21. The van der Waals surface area contributed by atoms with Crippen LogP contribution in [0.25, 0.3) is 0 Å². The lowest BCUT2D eigenvalue weighted by Crippen LogP contribution is -2.41. The number of aliphatic hydroxyl groups excluding tert-OH is 1. The average Bonchev–Trinajstić information content (AvgIpc) is 3.22. The molecule has 12 heteroatoms. The van der Waals surface area contributed by atoms with E-state index in [4.69, 9.17) is 27.2 Å². The van der Waals surface area contributed by atoms with Crippen LogP contribution in [0.4, 0.5) is 25.0 Å². The smallest absolute Gasteiger partial charge is 0.320 e. The molecule has 1 aliphatic rings. The van der Waals surface area contributed by atoms with Gasteiger partial charge in [0.2, 0.25) is 5.91 Å². The van der Waals surface area contributed by atoms with Crippen LogP contribution in [0.2, 0.25) is 5.02 Å². The first kappa shape index (κ1) is 25.1. The van der Waals surface area contributed by atoms with Crippen LogP contribution in [0.5, 0.6) is 5.75 Å². The first-order valence-electron chi connectivity index (χ1n) is 10.8. The number of benzene rings is 2. The number of halogens is 3. The van der Waals surface area contributed by atoms with Crippen molar-refractivity contribution in [2.45, 2.75) is 19.6 Å². The second-order valence-electron chi connectivity index (χ2n) is 7.98. The second-order valence-corrected chi connectivity index (χ2v) is 8.36. The number of nitrogens with two attached hydrogens (primary N) is 1. The molecule has 1 aromatic heterocycles. The van der Waals surface area contributed by atoms with Crippen LogP contribution in [-0.4, -0.2) is 34.9 Å². The highest BCUT2D eigenvalue weighted by Crippen LogP contribution is 2.37. The molecule has 36 heavy (non-hydrogen) atoms. The molecule has 0 unspecified atom stereocenters. The Morgan fingerprint density at radius 3 is 2.56 bits per heavy atom. The van der Waals surface area contributed by atoms with Crippen molar-refractivity contribution in [3.63, 3.8) is 0 Å². The molecular formula is C24H21ClF2N4O5. The summed E-state index contributed by atoms with van der Waals surface area (Å²) in [5, 5.41) is 8.85. The van der Waals surface area contributed by atoms with Gasteiger partial charge in [0.1, 0.15) is 35.7 Å². The molecule has 9 nitrogen and oxygen atoms in total. The first-order valence-corrected chi connectivity index (χ1v) is 11.1. The molecule has 2 heterocycles. The number of carbonyl (C=O) groups is 2. The molecule has 0 aliphatic carbocycles. The number of rotatable bonds is 7. The highest BCUT2D eigenvalue weighted by molar-refractivity contribution is 6.31. The fourth-order valence-corrected chi connectivity index (χ4v) is 4.02. The van der Waals surface area contributed by atoms with Crippen LogP contribution in [0.3, 0.4) is 0 Å². The number of nitrogens with zero attached hydrogens (tertiary/aromatic N) is 3. The van der Waals surface area contributed by atoms with Gasteiger partial charge in [0, 0.05) is 17.8 Å². The highest BCUT2D eigenvalue weighted by Gasteiger charge is 2.32. The highest BCUT2D eigenvalue weighted by atomic mass is 35.5. The quantitative estimate of drug-likeness (QED) is 0.498. The molecule has 0 bridgehead atoms. The van der Waals surface area contributed by atoms with Crippen molar-refractivity contribution in [3.05, 3.63) is 86.8 Å². The number of ether oxygens (including phenoxy) is 1. The fraction of sp³-hybridized carbons (Fsp3) is 0.208. The predicted molar refractivity (Wildman–Crippen MR) is 128 cm³/mol. The monoisotopic (exact) mass is 518 g/mol. The molecule has 3 aromatic rings. The van der Waals surface area contributed by atoms with E-state index in [0.29, 0.717) is 16.9 Å². The topological polar surface area (TPSA) is 118 Å². The molecule has 3 amide bonds.